The van der Waals surface area contributed by atoms with Crippen LogP contribution in [0.15, 0.2) is 48.7 Å². The number of pyridine rings is 1. The van der Waals surface area contributed by atoms with Gasteiger partial charge in [0.25, 0.3) is 5.91 Å². The maximum atomic E-state index is 12.5. The SMILES string of the molecule is CCCn1c(C)cc(/C=C(\C#N)C(=O)NCc2ccc(-n3ccnc3)nc2)c1C. The highest BCUT2D eigenvalue weighted by Gasteiger charge is 2.12. The summed E-state index contributed by atoms with van der Waals surface area (Å²) < 4.78 is 4.00. The van der Waals surface area contributed by atoms with Crippen LogP contribution in [-0.2, 0) is 17.9 Å². The first-order valence-corrected chi connectivity index (χ1v) is 9.53. The van der Waals surface area contributed by atoms with E-state index in [-0.39, 0.29) is 5.57 Å². The lowest BCUT2D eigenvalue weighted by Crippen LogP contribution is -2.24. The third kappa shape index (κ3) is 4.61. The fraction of sp³-hybridized carbons (Fsp3) is 0.273. The largest absolute Gasteiger partial charge is 0.349 e. The molecule has 29 heavy (non-hydrogen) atoms. The zero-order chi connectivity index (χ0) is 20.8. The molecule has 3 aromatic rings. The van der Waals surface area contributed by atoms with Crippen molar-refractivity contribution in [2.45, 2.75) is 40.3 Å². The van der Waals surface area contributed by atoms with Gasteiger partial charge in [0.15, 0.2) is 0 Å². The molecule has 7 nitrogen and oxygen atoms in total. The average molecular weight is 388 g/mol. The van der Waals surface area contributed by atoms with Crippen LogP contribution in [0.1, 0.15) is 35.9 Å². The maximum Gasteiger partial charge on any atom is 0.262 e. The Labute approximate surface area is 170 Å². The molecule has 1 N–H and O–H groups in total. The smallest absolute Gasteiger partial charge is 0.262 e. The van der Waals surface area contributed by atoms with Crippen molar-refractivity contribution in [3.05, 3.63) is 71.2 Å². The normalized spacial score (nSPS) is 11.3. The molecule has 0 bridgehead atoms. The molecule has 0 aliphatic heterocycles. The van der Waals surface area contributed by atoms with Gasteiger partial charge < -0.3 is 9.88 Å². The fourth-order valence-corrected chi connectivity index (χ4v) is 3.19. The van der Waals surface area contributed by atoms with Crippen molar-refractivity contribution in [2.24, 2.45) is 0 Å². The molecule has 7 heteroatoms. The van der Waals surface area contributed by atoms with Gasteiger partial charge in [-0.1, -0.05) is 13.0 Å². The summed E-state index contributed by atoms with van der Waals surface area (Å²) in [6, 6.07) is 7.76. The van der Waals surface area contributed by atoms with Gasteiger partial charge >= 0.3 is 0 Å². The van der Waals surface area contributed by atoms with E-state index in [0.717, 1.165) is 41.3 Å². The molecule has 3 aromatic heterocycles. The Morgan fingerprint density at radius 3 is 2.79 bits per heavy atom. The number of amides is 1. The van der Waals surface area contributed by atoms with E-state index >= 15 is 0 Å². The van der Waals surface area contributed by atoms with E-state index in [2.05, 4.69) is 26.8 Å². The molecular weight excluding hydrogens is 364 g/mol. The molecule has 0 unspecified atom stereocenters. The van der Waals surface area contributed by atoms with Crippen molar-refractivity contribution in [1.82, 2.24) is 24.4 Å². The van der Waals surface area contributed by atoms with Crippen LogP contribution in [0, 0.1) is 25.2 Å². The van der Waals surface area contributed by atoms with Gasteiger partial charge in [-0.05, 0) is 49.6 Å². The number of nitrogens with one attached hydrogen (secondary N) is 1. The first-order chi connectivity index (χ1) is 14.0. The topological polar surface area (TPSA) is 88.5 Å². The van der Waals surface area contributed by atoms with Crippen molar-refractivity contribution in [3.8, 4) is 11.9 Å². The van der Waals surface area contributed by atoms with Crippen LogP contribution >= 0.6 is 0 Å². The van der Waals surface area contributed by atoms with E-state index in [4.69, 9.17) is 0 Å². The number of aromatic nitrogens is 4. The first-order valence-electron chi connectivity index (χ1n) is 9.53. The van der Waals surface area contributed by atoms with Crippen molar-refractivity contribution >= 4 is 12.0 Å². The molecule has 0 saturated carbocycles. The Bertz CT molecular complexity index is 1050. The second kappa shape index (κ2) is 9.02. The van der Waals surface area contributed by atoms with Crippen molar-refractivity contribution < 1.29 is 4.79 Å². The van der Waals surface area contributed by atoms with Gasteiger partial charge in [0.2, 0.25) is 0 Å². The first kappa shape index (κ1) is 20.1. The number of hydrogen-bond acceptors (Lipinski definition) is 4. The van der Waals surface area contributed by atoms with Crippen molar-refractivity contribution in [3.63, 3.8) is 0 Å². The highest BCUT2D eigenvalue weighted by Crippen LogP contribution is 2.19. The Morgan fingerprint density at radius 2 is 2.17 bits per heavy atom. The molecule has 0 saturated heterocycles. The van der Waals surface area contributed by atoms with Crippen LogP contribution in [-0.4, -0.2) is 25.0 Å². The van der Waals surface area contributed by atoms with Crippen molar-refractivity contribution in [1.29, 1.82) is 5.26 Å². The molecule has 1 amide bonds. The van der Waals surface area contributed by atoms with Crippen LogP contribution in [0.3, 0.4) is 0 Å². The number of carbonyl (C=O) groups excluding carboxylic acids is 1. The fourth-order valence-electron chi connectivity index (χ4n) is 3.19. The summed E-state index contributed by atoms with van der Waals surface area (Å²) in [5.41, 5.74) is 4.01. The van der Waals surface area contributed by atoms with Gasteiger partial charge in [-0.15, -0.1) is 0 Å². The highest BCUT2D eigenvalue weighted by atomic mass is 16.1. The van der Waals surface area contributed by atoms with E-state index < -0.39 is 5.91 Å². The molecule has 148 valence electrons. The van der Waals surface area contributed by atoms with E-state index in [9.17, 15) is 10.1 Å². The van der Waals surface area contributed by atoms with E-state index in [1.54, 1.807) is 29.4 Å². The van der Waals surface area contributed by atoms with Crippen LogP contribution in [0.2, 0.25) is 0 Å². The third-order valence-corrected chi connectivity index (χ3v) is 4.76. The van der Waals surface area contributed by atoms with E-state index in [1.807, 2.05) is 44.3 Å². The zero-order valence-corrected chi connectivity index (χ0v) is 16.9. The summed E-state index contributed by atoms with van der Waals surface area (Å²) in [6.07, 6.45) is 9.55. The Kier molecular flexibility index (Phi) is 6.25. The molecule has 3 rings (SSSR count). The Morgan fingerprint density at radius 1 is 1.34 bits per heavy atom. The lowest BCUT2D eigenvalue weighted by Gasteiger charge is -2.07. The maximum absolute atomic E-state index is 12.5. The second-order valence-electron chi connectivity index (χ2n) is 6.83. The van der Waals surface area contributed by atoms with Crippen LogP contribution in [0.25, 0.3) is 11.9 Å². The lowest BCUT2D eigenvalue weighted by atomic mass is 10.1. The van der Waals surface area contributed by atoms with E-state index in [1.165, 1.54) is 0 Å². The molecular formula is C22H24N6O. The minimum Gasteiger partial charge on any atom is -0.349 e. The molecule has 0 fully saturated rings. The summed E-state index contributed by atoms with van der Waals surface area (Å²) in [4.78, 5) is 20.9. The number of carbonyl (C=O) groups is 1. The minimum atomic E-state index is -0.397. The van der Waals surface area contributed by atoms with Crippen LogP contribution in [0.5, 0.6) is 0 Å². The predicted octanol–water partition coefficient (Wildman–Crippen LogP) is 3.32. The summed E-state index contributed by atoms with van der Waals surface area (Å²) in [5.74, 6) is 0.351. The molecule has 0 aliphatic carbocycles. The Balaban J connectivity index is 1.68. The average Bonchev–Trinajstić information content (AvgIpc) is 3.35. The molecule has 0 spiro atoms. The lowest BCUT2D eigenvalue weighted by molar-refractivity contribution is -0.117. The Hall–Kier alpha value is -3.66. The summed E-state index contributed by atoms with van der Waals surface area (Å²) >= 11 is 0. The number of nitrogens with zero attached hydrogens (tertiary/aromatic N) is 5. The number of imidazole rings is 1. The zero-order valence-electron chi connectivity index (χ0n) is 16.9. The molecule has 3 heterocycles. The molecule has 0 aromatic carbocycles. The summed E-state index contributed by atoms with van der Waals surface area (Å²) in [6.45, 7) is 7.38. The minimum absolute atomic E-state index is 0.0877. The number of aryl methyl sites for hydroxylation is 1. The monoisotopic (exact) mass is 388 g/mol. The highest BCUT2D eigenvalue weighted by molar-refractivity contribution is 6.01. The van der Waals surface area contributed by atoms with Crippen molar-refractivity contribution in [2.75, 3.05) is 0 Å². The third-order valence-electron chi connectivity index (χ3n) is 4.76. The van der Waals surface area contributed by atoms with Gasteiger partial charge in [0.05, 0.1) is 0 Å². The van der Waals surface area contributed by atoms with Gasteiger partial charge in [0, 0.05) is 43.1 Å². The van der Waals surface area contributed by atoms with Gasteiger partial charge in [-0.3, -0.25) is 9.36 Å². The van der Waals surface area contributed by atoms with Gasteiger partial charge in [0.1, 0.15) is 23.8 Å². The quantitative estimate of drug-likeness (QED) is 0.497. The molecule has 0 aliphatic rings. The molecule has 0 radical (unpaired) electrons. The predicted molar refractivity (Wildman–Crippen MR) is 111 cm³/mol. The number of nitriles is 1. The summed E-state index contributed by atoms with van der Waals surface area (Å²) in [7, 11) is 0. The van der Waals surface area contributed by atoms with Gasteiger partial charge in [-0.25, -0.2) is 9.97 Å². The summed E-state index contributed by atoms with van der Waals surface area (Å²) in [5, 5.41) is 12.3. The molecule has 0 atom stereocenters. The standard InChI is InChI=1S/C22H24N6O/c1-4-8-28-16(2)10-19(17(28)3)11-20(12-23)22(29)26-14-18-5-6-21(25-13-18)27-9-7-24-15-27/h5-7,9-11,13,15H,4,8,14H2,1-3H3,(H,26,29)/b20-11+. The number of rotatable bonds is 7. The van der Waals surface area contributed by atoms with Crippen LogP contribution in [0.4, 0.5) is 0 Å². The second-order valence-corrected chi connectivity index (χ2v) is 6.83. The number of hydrogen-bond donors (Lipinski definition) is 1. The van der Waals surface area contributed by atoms with Crippen LogP contribution < -0.4 is 5.32 Å². The van der Waals surface area contributed by atoms with E-state index in [0.29, 0.717) is 6.54 Å². The van der Waals surface area contributed by atoms with Gasteiger partial charge in [-0.2, -0.15) is 5.26 Å².